The molecule has 0 saturated carbocycles. The van der Waals surface area contributed by atoms with Crippen molar-refractivity contribution in [3.8, 4) is 0 Å². The molecule has 0 aliphatic carbocycles. The Morgan fingerprint density at radius 2 is 2.05 bits per heavy atom. The van der Waals surface area contributed by atoms with E-state index in [-0.39, 0.29) is 6.04 Å². The number of ether oxygens (including phenoxy) is 1. The van der Waals surface area contributed by atoms with Gasteiger partial charge in [-0.05, 0) is 25.8 Å². The van der Waals surface area contributed by atoms with Gasteiger partial charge in [0, 0.05) is 19.2 Å². The number of aryl methyl sites for hydroxylation is 1. The number of aliphatic hydroxyl groups is 1. The zero-order valence-corrected chi connectivity index (χ0v) is 13.8. The van der Waals surface area contributed by atoms with Gasteiger partial charge in [0.05, 0.1) is 12.7 Å². The number of rotatable bonds is 11. The lowest BCUT2D eigenvalue weighted by Gasteiger charge is -2.18. The predicted octanol–water partition coefficient (Wildman–Crippen LogP) is 3.60. The molecule has 120 valence electrons. The maximum absolute atomic E-state index is 9.91. The van der Waals surface area contributed by atoms with Gasteiger partial charge in [0.25, 0.3) is 0 Å². The molecule has 1 unspecified atom stereocenters. The molecule has 0 amide bonds. The van der Waals surface area contributed by atoms with Gasteiger partial charge in [0.2, 0.25) is 0 Å². The fraction of sp³-hybridized carbons (Fsp3) is 0.667. The normalized spacial score (nSPS) is 14.1. The Bertz CT molecular complexity index is 381. The summed E-state index contributed by atoms with van der Waals surface area (Å²) in [5.74, 6) is 0. The molecule has 0 aliphatic rings. The molecule has 21 heavy (non-hydrogen) atoms. The van der Waals surface area contributed by atoms with Crippen molar-refractivity contribution >= 4 is 0 Å². The second-order valence-corrected chi connectivity index (χ2v) is 5.83. The number of unbranched alkanes of at least 4 members (excludes halogenated alkanes) is 3. The van der Waals surface area contributed by atoms with Crippen LogP contribution in [0, 0.1) is 6.92 Å². The summed E-state index contributed by atoms with van der Waals surface area (Å²) in [6.45, 7) is 8.14. The third kappa shape index (κ3) is 8.20. The highest BCUT2D eigenvalue weighted by Crippen LogP contribution is 2.13. The summed E-state index contributed by atoms with van der Waals surface area (Å²) < 4.78 is 5.51. The summed E-state index contributed by atoms with van der Waals surface area (Å²) in [7, 11) is 0. The smallest absolute Gasteiger partial charge is 0.0897 e. The average Bonchev–Trinajstić information content (AvgIpc) is 2.48. The quantitative estimate of drug-likeness (QED) is 0.613. The van der Waals surface area contributed by atoms with E-state index in [0.717, 1.165) is 13.0 Å². The standard InChI is InChI=1S/C18H31NO2/c1-4-5-6-7-11-21-14-18(20)13-19-16(3)17-10-8-9-15(2)12-17/h8-10,12,16,18-20H,4-7,11,13-14H2,1-3H3/t16-,18?/m0/s1. The van der Waals surface area contributed by atoms with Gasteiger partial charge in [-0.1, -0.05) is 56.0 Å². The van der Waals surface area contributed by atoms with Gasteiger partial charge in [0.15, 0.2) is 0 Å². The van der Waals surface area contributed by atoms with Crippen LogP contribution in [-0.2, 0) is 4.74 Å². The second kappa shape index (κ2) is 10.8. The van der Waals surface area contributed by atoms with E-state index in [1.54, 1.807) is 0 Å². The number of hydrogen-bond donors (Lipinski definition) is 2. The predicted molar refractivity (Wildman–Crippen MR) is 88.6 cm³/mol. The topological polar surface area (TPSA) is 41.5 Å². The average molecular weight is 293 g/mol. The minimum Gasteiger partial charge on any atom is -0.389 e. The van der Waals surface area contributed by atoms with Gasteiger partial charge >= 0.3 is 0 Å². The van der Waals surface area contributed by atoms with Crippen molar-refractivity contribution in [3.05, 3.63) is 35.4 Å². The van der Waals surface area contributed by atoms with Gasteiger partial charge < -0.3 is 15.2 Å². The highest BCUT2D eigenvalue weighted by molar-refractivity contribution is 5.24. The van der Waals surface area contributed by atoms with Crippen molar-refractivity contribution in [3.63, 3.8) is 0 Å². The molecule has 1 aromatic rings. The molecule has 0 radical (unpaired) electrons. The minimum absolute atomic E-state index is 0.240. The molecule has 3 heteroatoms. The van der Waals surface area contributed by atoms with E-state index in [1.807, 2.05) is 0 Å². The van der Waals surface area contributed by atoms with E-state index in [1.165, 1.54) is 30.4 Å². The lowest BCUT2D eigenvalue weighted by Crippen LogP contribution is -2.32. The summed E-state index contributed by atoms with van der Waals surface area (Å²) in [6.07, 6.45) is 4.37. The highest BCUT2D eigenvalue weighted by Gasteiger charge is 2.09. The largest absolute Gasteiger partial charge is 0.389 e. The summed E-state index contributed by atoms with van der Waals surface area (Å²) in [5, 5.41) is 13.3. The van der Waals surface area contributed by atoms with Gasteiger partial charge in [0.1, 0.15) is 0 Å². The van der Waals surface area contributed by atoms with E-state index < -0.39 is 6.10 Å². The summed E-state index contributed by atoms with van der Waals surface area (Å²) in [4.78, 5) is 0. The molecule has 0 heterocycles. The second-order valence-electron chi connectivity index (χ2n) is 5.83. The lowest BCUT2D eigenvalue weighted by molar-refractivity contribution is 0.0343. The lowest BCUT2D eigenvalue weighted by atomic mass is 10.1. The first-order valence-corrected chi connectivity index (χ1v) is 8.19. The first kappa shape index (κ1) is 18.1. The van der Waals surface area contributed by atoms with Crippen molar-refractivity contribution in [1.29, 1.82) is 0 Å². The summed E-state index contributed by atoms with van der Waals surface area (Å²) >= 11 is 0. The van der Waals surface area contributed by atoms with Crippen LogP contribution in [0.15, 0.2) is 24.3 Å². The van der Waals surface area contributed by atoms with Crippen molar-refractivity contribution in [2.24, 2.45) is 0 Å². The summed E-state index contributed by atoms with van der Waals surface area (Å²) in [6, 6.07) is 8.69. The third-order valence-electron chi connectivity index (χ3n) is 3.65. The Hall–Kier alpha value is -0.900. The SMILES string of the molecule is CCCCCCOCC(O)CN[C@@H](C)c1cccc(C)c1. The zero-order chi connectivity index (χ0) is 15.5. The Morgan fingerprint density at radius 1 is 1.24 bits per heavy atom. The zero-order valence-electron chi connectivity index (χ0n) is 13.8. The molecule has 0 aromatic heterocycles. The third-order valence-corrected chi connectivity index (χ3v) is 3.65. The molecule has 0 fully saturated rings. The van der Waals surface area contributed by atoms with E-state index in [4.69, 9.17) is 4.74 Å². The van der Waals surface area contributed by atoms with Crippen LogP contribution in [-0.4, -0.2) is 31.0 Å². The fourth-order valence-electron chi connectivity index (χ4n) is 2.28. The molecule has 2 atom stereocenters. The van der Waals surface area contributed by atoms with Crippen molar-refractivity contribution < 1.29 is 9.84 Å². The van der Waals surface area contributed by atoms with Crippen LogP contribution in [0.25, 0.3) is 0 Å². The maximum Gasteiger partial charge on any atom is 0.0897 e. The van der Waals surface area contributed by atoms with E-state index in [0.29, 0.717) is 13.2 Å². The number of benzene rings is 1. The molecule has 0 bridgehead atoms. The van der Waals surface area contributed by atoms with Crippen molar-refractivity contribution in [2.45, 2.75) is 58.6 Å². The van der Waals surface area contributed by atoms with Crippen LogP contribution >= 0.6 is 0 Å². The van der Waals surface area contributed by atoms with Gasteiger partial charge in [-0.25, -0.2) is 0 Å². The monoisotopic (exact) mass is 293 g/mol. The number of aliphatic hydroxyl groups excluding tert-OH is 1. The van der Waals surface area contributed by atoms with Crippen LogP contribution in [0.2, 0.25) is 0 Å². The van der Waals surface area contributed by atoms with E-state index >= 15 is 0 Å². The Kier molecular flexibility index (Phi) is 9.31. The molecular weight excluding hydrogens is 262 g/mol. The first-order valence-electron chi connectivity index (χ1n) is 8.19. The fourth-order valence-corrected chi connectivity index (χ4v) is 2.28. The molecular formula is C18H31NO2. The molecule has 1 rings (SSSR count). The van der Waals surface area contributed by atoms with E-state index in [9.17, 15) is 5.11 Å². The van der Waals surface area contributed by atoms with E-state index in [2.05, 4.69) is 50.4 Å². The Labute approximate surface area is 129 Å². The molecule has 0 spiro atoms. The molecule has 2 N–H and O–H groups in total. The minimum atomic E-state index is -0.441. The molecule has 3 nitrogen and oxygen atoms in total. The van der Waals surface area contributed by atoms with Crippen molar-refractivity contribution in [2.75, 3.05) is 19.8 Å². The molecule has 0 saturated heterocycles. The highest BCUT2D eigenvalue weighted by atomic mass is 16.5. The van der Waals surface area contributed by atoms with Gasteiger partial charge in [-0.15, -0.1) is 0 Å². The molecule has 1 aromatic carbocycles. The molecule has 0 aliphatic heterocycles. The van der Waals surface area contributed by atoms with Crippen LogP contribution in [0.4, 0.5) is 0 Å². The number of hydrogen-bond acceptors (Lipinski definition) is 3. The number of nitrogens with one attached hydrogen (secondary N) is 1. The first-order chi connectivity index (χ1) is 10.1. The van der Waals surface area contributed by atoms with Gasteiger partial charge in [-0.2, -0.15) is 0 Å². The Morgan fingerprint density at radius 3 is 2.76 bits per heavy atom. The van der Waals surface area contributed by atoms with Crippen LogP contribution in [0.3, 0.4) is 0 Å². The van der Waals surface area contributed by atoms with Crippen LogP contribution < -0.4 is 5.32 Å². The van der Waals surface area contributed by atoms with Gasteiger partial charge in [-0.3, -0.25) is 0 Å². The van der Waals surface area contributed by atoms with Crippen molar-refractivity contribution in [1.82, 2.24) is 5.32 Å². The van der Waals surface area contributed by atoms with Crippen LogP contribution in [0.1, 0.15) is 56.7 Å². The summed E-state index contributed by atoms with van der Waals surface area (Å²) in [5.41, 5.74) is 2.51. The maximum atomic E-state index is 9.91. The van der Waals surface area contributed by atoms with Crippen LogP contribution in [0.5, 0.6) is 0 Å². The Balaban J connectivity index is 2.13.